The number of benzene rings is 1. The molecule has 0 aliphatic carbocycles. The third-order valence-corrected chi connectivity index (χ3v) is 4.18. The highest BCUT2D eigenvalue weighted by molar-refractivity contribution is 5.91. The Morgan fingerprint density at radius 2 is 2.18 bits per heavy atom. The molecule has 1 unspecified atom stereocenters. The van der Waals surface area contributed by atoms with Gasteiger partial charge in [0.2, 0.25) is 5.91 Å². The minimum Gasteiger partial charge on any atom is -0.493 e. The van der Waals surface area contributed by atoms with E-state index in [0.717, 1.165) is 19.6 Å². The predicted octanol–water partition coefficient (Wildman–Crippen LogP) is 2.78. The normalized spacial score (nSPS) is 18.0. The molecule has 0 aromatic heterocycles. The maximum Gasteiger partial charge on any atom is 0.387 e. The summed E-state index contributed by atoms with van der Waals surface area (Å²) in [5.74, 6) is 0.449. The Kier molecular flexibility index (Phi) is 8.66. The number of nitrogens with zero attached hydrogens (tertiary/aromatic N) is 1. The molecule has 28 heavy (non-hydrogen) atoms. The van der Waals surface area contributed by atoms with Gasteiger partial charge in [0.25, 0.3) is 0 Å². The summed E-state index contributed by atoms with van der Waals surface area (Å²) in [5, 5.41) is 2.83. The van der Waals surface area contributed by atoms with Crippen molar-refractivity contribution in [1.82, 2.24) is 10.2 Å². The lowest BCUT2D eigenvalue weighted by Crippen LogP contribution is -2.48. The molecule has 1 N–H and O–H groups in total. The van der Waals surface area contributed by atoms with Crippen LogP contribution < -0.4 is 14.8 Å². The highest BCUT2D eigenvalue weighted by Gasteiger charge is 2.21. The van der Waals surface area contributed by atoms with Crippen LogP contribution in [0.3, 0.4) is 0 Å². The van der Waals surface area contributed by atoms with Gasteiger partial charge in [0.1, 0.15) is 0 Å². The molecule has 156 valence electrons. The van der Waals surface area contributed by atoms with Crippen LogP contribution in [-0.2, 0) is 9.53 Å². The standard InChI is InChI=1S/C20H28F2N2O4/c1-14(2)12-24-8-9-27-16(13-24)11-23-19(25)7-5-15-4-6-17(28-20(21)22)18(10-15)26-3/h4-7,10,14,16,20H,8-9,11-13H2,1-3H3,(H,23,25)/b7-5+. The van der Waals surface area contributed by atoms with Crippen LogP contribution in [0.4, 0.5) is 8.78 Å². The van der Waals surface area contributed by atoms with Gasteiger partial charge in [-0.1, -0.05) is 19.9 Å². The van der Waals surface area contributed by atoms with Crippen LogP contribution in [0.1, 0.15) is 19.4 Å². The first-order chi connectivity index (χ1) is 13.4. The van der Waals surface area contributed by atoms with Gasteiger partial charge in [0, 0.05) is 32.3 Å². The second-order valence-electron chi connectivity index (χ2n) is 7.01. The quantitative estimate of drug-likeness (QED) is 0.649. The first-order valence-corrected chi connectivity index (χ1v) is 9.30. The minimum absolute atomic E-state index is 0.0317. The van der Waals surface area contributed by atoms with E-state index in [1.165, 1.54) is 25.3 Å². The molecule has 1 amide bonds. The summed E-state index contributed by atoms with van der Waals surface area (Å²) in [4.78, 5) is 14.4. The molecule has 0 saturated carbocycles. The Morgan fingerprint density at radius 3 is 2.86 bits per heavy atom. The van der Waals surface area contributed by atoms with Crippen LogP contribution in [-0.4, -0.2) is 63.4 Å². The molecule has 1 aromatic rings. The van der Waals surface area contributed by atoms with E-state index in [1.807, 2.05) is 0 Å². The van der Waals surface area contributed by atoms with E-state index >= 15 is 0 Å². The average Bonchev–Trinajstić information content (AvgIpc) is 2.65. The van der Waals surface area contributed by atoms with E-state index in [4.69, 9.17) is 9.47 Å². The lowest BCUT2D eigenvalue weighted by molar-refractivity contribution is -0.117. The number of amides is 1. The summed E-state index contributed by atoms with van der Waals surface area (Å²) in [6, 6.07) is 4.47. The summed E-state index contributed by atoms with van der Waals surface area (Å²) >= 11 is 0. The summed E-state index contributed by atoms with van der Waals surface area (Å²) in [6.45, 7) is 5.25. The third kappa shape index (κ3) is 7.44. The molecular weight excluding hydrogens is 370 g/mol. The molecular formula is C20H28F2N2O4. The van der Waals surface area contributed by atoms with Gasteiger partial charge in [0.05, 0.1) is 19.8 Å². The monoisotopic (exact) mass is 398 g/mol. The third-order valence-electron chi connectivity index (χ3n) is 4.18. The molecule has 1 heterocycles. The molecule has 0 bridgehead atoms. The molecule has 8 heteroatoms. The fourth-order valence-electron chi connectivity index (χ4n) is 3.01. The van der Waals surface area contributed by atoms with Crippen molar-refractivity contribution in [2.75, 3.05) is 39.9 Å². The van der Waals surface area contributed by atoms with Gasteiger partial charge in [-0.2, -0.15) is 8.78 Å². The summed E-state index contributed by atoms with van der Waals surface area (Å²) in [6.07, 6.45) is 2.93. The molecule has 2 rings (SSSR count). The first kappa shape index (κ1) is 22.1. The molecule has 6 nitrogen and oxygen atoms in total. The Hall–Kier alpha value is -2.19. The average molecular weight is 398 g/mol. The van der Waals surface area contributed by atoms with Crippen LogP contribution in [0.5, 0.6) is 11.5 Å². The van der Waals surface area contributed by atoms with Crippen LogP contribution in [0.15, 0.2) is 24.3 Å². The van der Waals surface area contributed by atoms with Gasteiger partial charge >= 0.3 is 6.61 Å². The number of morpholine rings is 1. The van der Waals surface area contributed by atoms with Crippen LogP contribution in [0.25, 0.3) is 6.08 Å². The number of hydrogen-bond donors (Lipinski definition) is 1. The lowest BCUT2D eigenvalue weighted by Gasteiger charge is -2.33. The smallest absolute Gasteiger partial charge is 0.387 e. The molecule has 1 saturated heterocycles. The Balaban J connectivity index is 1.84. The number of halogens is 2. The van der Waals surface area contributed by atoms with Gasteiger partial charge in [-0.25, -0.2) is 0 Å². The molecule has 1 atom stereocenters. The first-order valence-electron chi connectivity index (χ1n) is 9.30. The van der Waals surface area contributed by atoms with E-state index in [0.29, 0.717) is 24.6 Å². The van der Waals surface area contributed by atoms with Gasteiger partial charge < -0.3 is 19.5 Å². The number of carbonyl (C=O) groups excluding carboxylic acids is 1. The zero-order valence-corrected chi connectivity index (χ0v) is 16.5. The summed E-state index contributed by atoms with van der Waals surface area (Å²) < 4.78 is 39.8. The Morgan fingerprint density at radius 1 is 1.39 bits per heavy atom. The van der Waals surface area contributed by atoms with Crippen molar-refractivity contribution in [1.29, 1.82) is 0 Å². The van der Waals surface area contributed by atoms with E-state index < -0.39 is 6.61 Å². The molecule has 1 aliphatic rings. The van der Waals surface area contributed by atoms with E-state index in [2.05, 4.69) is 28.8 Å². The number of rotatable bonds is 9. The van der Waals surface area contributed by atoms with Crippen molar-refractivity contribution >= 4 is 12.0 Å². The van der Waals surface area contributed by atoms with E-state index in [9.17, 15) is 13.6 Å². The van der Waals surface area contributed by atoms with E-state index in [-0.39, 0.29) is 23.5 Å². The van der Waals surface area contributed by atoms with Crippen molar-refractivity contribution in [3.05, 3.63) is 29.8 Å². The number of methoxy groups -OCH3 is 1. The topological polar surface area (TPSA) is 60.0 Å². The van der Waals surface area contributed by atoms with Crippen LogP contribution in [0, 0.1) is 5.92 Å². The SMILES string of the molecule is COc1cc(/C=C/C(=O)NCC2CN(CC(C)C)CCO2)ccc1OC(F)F. The van der Waals surface area contributed by atoms with Crippen molar-refractivity contribution in [3.63, 3.8) is 0 Å². The van der Waals surface area contributed by atoms with Crippen molar-refractivity contribution < 1.29 is 27.8 Å². The lowest BCUT2D eigenvalue weighted by atomic mass is 10.1. The molecule has 0 spiro atoms. The maximum absolute atomic E-state index is 12.4. The Labute approximate surface area is 164 Å². The minimum atomic E-state index is -2.93. The summed E-state index contributed by atoms with van der Waals surface area (Å²) in [7, 11) is 1.36. The molecule has 1 aromatic carbocycles. The number of hydrogen-bond acceptors (Lipinski definition) is 5. The number of alkyl halides is 2. The number of nitrogens with one attached hydrogen (secondary N) is 1. The highest BCUT2D eigenvalue weighted by Crippen LogP contribution is 2.29. The predicted molar refractivity (Wildman–Crippen MR) is 103 cm³/mol. The number of ether oxygens (including phenoxy) is 3. The van der Waals surface area contributed by atoms with Gasteiger partial charge in [0.15, 0.2) is 11.5 Å². The van der Waals surface area contributed by atoms with Crippen molar-refractivity contribution in [3.8, 4) is 11.5 Å². The number of carbonyl (C=O) groups is 1. The second-order valence-corrected chi connectivity index (χ2v) is 7.01. The molecule has 1 fully saturated rings. The zero-order valence-electron chi connectivity index (χ0n) is 16.5. The molecule has 0 radical (unpaired) electrons. The van der Waals surface area contributed by atoms with Gasteiger partial charge in [-0.05, 0) is 29.7 Å². The Bertz CT molecular complexity index is 668. The van der Waals surface area contributed by atoms with Crippen LogP contribution in [0.2, 0.25) is 0 Å². The van der Waals surface area contributed by atoms with Gasteiger partial charge in [-0.3, -0.25) is 9.69 Å². The van der Waals surface area contributed by atoms with E-state index in [1.54, 1.807) is 12.1 Å². The maximum atomic E-state index is 12.4. The largest absolute Gasteiger partial charge is 0.493 e. The second kappa shape index (κ2) is 11.0. The van der Waals surface area contributed by atoms with Crippen molar-refractivity contribution in [2.24, 2.45) is 5.92 Å². The zero-order chi connectivity index (χ0) is 20.5. The van der Waals surface area contributed by atoms with Crippen molar-refractivity contribution in [2.45, 2.75) is 26.6 Å². The summed E-state index contributed by atoms with van der Waals surface area (Å²) in [5.41, 5.74) is 0.630. The fraction of sp³-hybridized carbons (Fsp3) is 0.550. The fourth-order valence-corrected chi connectivity index (χ4v) is 3.01. The van der Waals surface area contributed by atoms with Gasteiger partial charge in [-0.15, -0.1) is 0 Å². The molecule has 1 aliphatic heterocycles. The van der Waals surface area contributed by atoms with Crippen LogP contribution >= 0.6 is 0 Å². The highest BCUT2D eigenvalue weighted by atomic mass is 19.3.